The minimum Gasteiger partial charge on any atom is -0.481 e. The summed E-state index contributed by atoms with van der Waals surface area (Å²) in [5.41, 5.74) is 5.18. The molecular formula is C36H37Cl2N7O5. The highest BCUT2D eigenvalue weighted by molar-refractivity contribution is 6.39. The maximum atomic E-state index is 13.3. The fourth-order valence-electron chi connectivity index (χ4n) is 6.02. The lowest BCUT2D eigenvalue weighted by Gasteiger charge is -2.15. The smallest absolute Gasteiger partial charge is 0.322 e. The van der Waals surface area contributed by atoms with Crippen LogP contribution in [-0.2, 0) is 34.5 Å². The van der Waals surface area contributed by atoms with Gasteiger partial charge in [0.15, 0.2) is 0 Å². The van der Waals surface area contributed by atoms with E-state index < -0.39 is 12.0 Å². The van der Waals surface area contributed by atoms with Gasteiger partial charge in [0.2, 0.25) is 11.8 Å². The van der Waals surface area contributed by atoms with E-state index in [1.54, 1.807) is 33.3 Å². The summed E-state index contributed by atoms with van der Waals surface area (Å²) in [6.45, 7) is 3.05. The molecule has 2 aromatic carbocycles. The Morgan fingerprint density at radius 1 is 1.02 bits per heavy atom. The minimum absolute atomic E-state index is 0.0861. The molecule has 3 aromatic heterocycles. The molecule has 0 spiro atoms. The highest BCUT2D eigenvalue weighted by Crippen LogP contribution is 2.42. The van der Waals surface area contributed by atoms with E-state index in [0.717, 1.165) is 12.0 Å². The van der Waals surface area contributed by atoms with Crippen LogP contribution in [-0.4, -0.2) is 63.9 Å². The molecule has 1 aliphatic rings. The Balaban J connectivity index is 1.27. The van der Waals surface area contributed by atoms with E-state index in [1.165, 1.54) is 16.2 Å². The molecule has 50 heavy (non-hydrogen) atoms. The number of carbonyl (C=O) groups excluding carboxylic acids is 2. The average Bonchev–Trinajstić information content (AvgIpc) is 3.75. The summed E-state index contributed by atoms with van der Waals surface area (Å²) in [7, 11) is 4.54. The second-order valence-electron chi connectivity index (χ2n) is 12.1. The van der Waals surface area contributed by atoms with Crippen molar-refractivity contribution in [1.29, 1.82) is 0 Å². The Morgan fingerprint density at radius 3 is 2.40 bits per heavy atom. The van der Waals surface area contributed by atoms with Crippen molar-refractivity contribution in [2.24, 2.45) is 7.05 Å². The largest absolute Gasteiger partial charge is 0.481 e. The quantitative estimate of drug-likeness (QED) is 0.156. The maximum Gasteiger partial charge on any atom is 0.322 e. The van der Waals surface area contributed by atoms with Crippen LogP contribution in [0.2, 0.25) is 10.0 Å². The molecule has 5 aromatic rings. The van der Waals surface area contributed by atoms with Crippen molar-refractivity contribution in [1.82, 2.24) is 35.1 Å². The van der Waals surface area contributed by atoms with Crippen molar-refractivity contribution < 1.29 is 19.1 Å². The average molecular weight is 719 g/mol. The van der Waals surface area contributed by atoms with E-state index in [-0.39, 0.29) is 24.1 Å². The molecule has 0 bridgehead atoms. The molecular weight excluding hydrogens is 681 g/mol. The van der Waals surface area contributed by atoms with Gasteiger partial charge >= 0.3 is 5.97 Å². The zero-order valence-corrected chi connectivity index (χ0v) is 29.6. The zero-order chi connectivity index (χ0) is 35.5. The number of nitrogens with zero attached hydrogens (tertiary/aromatic N) is 4. The molecule has 0 saturated carbocycles. The fourth-order valence-corrected chi connectivity index (χ4v) is 6.68. The Morgan fingerprint density at radius 2 is 1.72 bits per heavy atom. The monoisotopic (exact) mass is 717 g/mol. The second-order valence-corrected chi connectivity index (χ2v) is 12.9. The van der Waals surface area contributed by atoms with Crippen LogP contribution in [0.5, 0.6) is 5.88 Å². The molecule has 0 aliphatic carbocycles. The van der Waals surface area contributed by atoms with E-state index in [1.807, 2.05) is 48.5 Å². The molecule has 6 rings (SSSR count). The number of halogens is 2. The summed E-state index contributed by atoms with van der Waals surface area (Å²) in [6.07, 6.45) is 3.13. The first kappa shape index (κ1) is 35.1. The van der Waals surface area contributed by atoms with Crippen LogP contribution in [0.1, 0.15) is 31.2 Å². The van der Waals surface area contributed by atoms with Crippen LogP contribution in [0.3, 0.4) is 0 Å². The molecule has 1 saturated heterocycles. The third-order valence-corrected chi connectivity index (χ3v) is 9.67. The van der Waals surface area contributed by atoms with E-state index in [2.05, 4.69) is 21.0 Å². The molecule has 12 nitrogen and oxygen atoms in total. The summed E-state index contributed by atoms with van der Waals surface area (Å²) in [6, 6.07) is 16.5. The van der Waals surface area contributed by atoms with Gasteiger partial charge in [0.05, 0.1) is 36.5 Å². The lowest BCUT2D eigenvalue weighted by atomic mass is 9.97. The minimum atomic E-state index is -0.571. The number of rotatable bonds is 12. The predicted molar refractivity (Wildman–Crippen MR) is 192 cm³/mol. The molecule has 2 atom stereocenters. The number of methoxy groups -OCH3 is 2. The molecule has 1 aliphatic heterocycles. The van der Waals surface area contributed by atoms with Gasteiger partial charge in [0, 0.05) is 72.2 Å². The standard InChI is InChI=1S/C36H37Cl2N7O5/c1-20(36(48)50-4)40-18-30-43-45-19-22(15-29(45)35(47)44(30)2)24-7-5-8-25(32(24)37)26-9-6-10-27(33(26)38)28-13-11-21(34(42-28)49-3)16-39-17-23-12-14-31(46)41-23/h5-11,13,15,19-20,23,39-40H,12,14,16-18H2,1-4H3,(H,41,46)/t20-,23-/m0/s1. The molecule has 1 amide bonds. The van der Waals surface area contributed by atoms with Crippen LogP contribution in [0.25, 0.3) is 39.0 Å². The lowest BCUT2D eigenvalue weighted by Crippen LogP contribution is -2.37. The van der Waals surface area contributed by atoms with Crippen molar-refractivity contribution in [2.75, 3.05) is 20.8 Å². The molecule has 4 heterocycles. The number of carbonyl (C=O) groups is 2. The molecule has 3 N–H and O–H groups in total. The Kier molecular flexibility index (Phi) is 10.5. The van der Waals surface area contributed by atoms with Gasteiger partial charge in [-0.1, -0.05) is 65.7 Å². The maximum absolute atomic E-state index is 13.3. The van der Waals surface area contributed by atoms with E-state index >= 15 is 0 Å². The van der Waals surface area contributed by atoms with Gasteiger partial charge in [-0.25, -0.2) is 9.50 Å². The van der Waals surface area contributed by atoms with Crippen LogP contribution < -0.4 is 26.2 Å². The Hall–Kier alpha value is -4.75. The SMILES string of the molecule is COC(=O)[C@H](C)NCc1nn2cc(-c3cccc(-c4cccc(-c5ccc(CNC[C@@H]6CCC(=O)N6)c(OC)n5)c4Cl)c3Cl)cc2c(=O)n1C. The molecule has 0 unspecified atom stereocenters. The first-order valence-corrected chi connectivity index (χ1v) is 16.9. The highest BCUT2D eigenvalue weighted by atomic mass is 35.5. The second kappa shape index (κ2) is 15.0. The number of esters is 1. The predicted octanol–water partition coefficient (Wildman–Crippen LogP) is 4.76. The topological polar surface area (TPSA) is 141 Å². The number of nitrogens with one attached hydrogen (secondary N) is 3. The molecule has 0 radical (unpaired) electrons. The number of hydrogen-bond acceptors (Lipinski definition) is 9. The van der Waals surface area contributed by atoms with E-state index in [9.17, 15) is 14.4 Å². The highest BCUT2D eigenvalue weighted by Gasteiger charge is 2.22. The Bertz CT molecular complexity index is 2150. The van der Waals surface area contributed by atoms with Crippen LogP contribution in [0.15, 0.2) is 65.6 Å². The summed E-state index contributed by atoms with van der Waals surface area (Å²) in [5, 5.41) is 14.9. The third-order valence-electron chi connectivity index (χ3n) is 8.85. The van der Waals surface area contributed by atoms with Gasteiger partial charge in [-0.15, -0.1) is 0 Å². The number of ether oxygens (including phenoxy) is 2. The number of hydrogen-bond donors (Lipinski definition) is 3. The van der Waals surface area contributed by atoms with Gasteiger partial charge in [0.1, 0.15) is 17.4 Å². The fraction of sp³-hybridized carbons (Fsp3) is 0.306. The summed E-state index contributed by atoms with van der Waals surface area (Å²) < 4.78 is 13.4. The number of aromatic nitrogens is 4. The van der Waals surface area contributed by atoms with Crippen molar-refractivity contribution in [3.8, 4) is 39.4 Å². The Labute approximate surface area is 298 Å². The van der Waals surface area contributed by atoms with E-state index in [4.69, 9.17) is 37.7 Å². The number of fused-ring (bicyclic) bond motifs is 1. The summed E-state index contributed by atoms with van der Waals surface area (Å²) in [5.74, 6) is 0.593. The zero-order valence-electron chi connectivity index (χ0n) is 28.0. The van der Waals surface area contributed by atoms with Crippen LogP contribution >= 0.6 is 23.2 Å². The van der Waals surface area contributed by atoms with Gasteiger partial charge in [0.25, 0.3) is 5.56 Å². The first-order valence-electron chi connectivity index (χ1n) is 16.1. The lowest BCUT2D eigenvalue weighted by molar-refractivity contribution is -0.142. The van der Waals surface area contributed by atoms with Gasteiger partial charge in [-0.05, 0) is 25.5 Å². The van der Waals surface area contributed by atoms with Crippen molar-refractivity contribution in [3.05, 3.63) is 92.6 Å². The number of amides is 1. The van der Waals surface area contributed by atoms with Crippen molar-refractivity contribution >= 4 is 40.6 Å². The summed E-state index contributed by atoms with van der Waals surface area (Å²) >= 11 is 14.2. The molecule has 14 heteroatoms. The van der Waals surface area contributed by atoms with Gasteiger partial charge < -0.3 is 20.1 Å². The first-order chi connectivity index (χ1) is 24.1. The van der Waals surface area contributed by atoms with Crippen molar-refractivity contribution in [3.63, 3.8) is 0 Å². The van der Waals surface area contributed by atoms with Gasteiger partial charge in [-0.3, -0.25) is 24.3 Å². The number of benzene rings is 2. The van der Waals surface area contributed by atoms with Gasteiger partial charge in [-0.2, -0.15) is 5.10 Å². The molecule has 260 valence electrons. The van der Waals surface area contributed by atoms with Crippen LogP contribution in [0, 0.1) is 0 Å². The summed E-state index contributed by atoms with van der Waals surface area (Å²) in [4.78, 5) is 41.4. The van der Waals surface area contributed by atoms with Crippen LogP contribution in [0.4, 0.5) is 0 Å². The molecule has 1 fully saturated rings. The van der Waals surface area contributed by atoms with Crippen molar-refractivity contribution in [2.45, 2.75) is 44.9 Å². The third kappa shape index (κ3) is 7.10. The normalized spacial score (nSPS) is 14.9. The number of pyridine rings is 1. The van der Waals surface area contributed by atoms with E-state index in [0.29, 0.717) is 80.3 Å².